The number of anilines is 1. The summed E-state index contributed by atoms with van der Waals surface area (Å²) in [6.45, 7) is 6.39. The molecule has 1 aromatic carbocycles. The normalized spacial score (nSPS) is 19.4. The van der Waals surface area contributed by atoms with Crippen LogP contribution in [0.25, 0.3) is 0 Å². The van der Waals surface area contributed by atoms with E-state index in [9.17, 15) is 14.4 Å². The Labute approximate surface area is 174 Å². The minimum atomic E-state index is -0.900. The highest BCUT2D eigenvalue weighted by molar-refractivity contribution is 6.36. The molecule has 0 saturated carbocycles. The van der Waals surface area contributed by atoms with E-state index in [0.717, 1.165) is 24.5 Å². The largest absolute Gasteiger partial charge is 0.325 e. The lowest BCUT2D eigenvalue weighted by atomic mass is 9.87. The summed E-state index contributed by atoms with van der Waals surface area (Å²) in [4.78, 5) is 40.9. The number of benzene rings is 1. The lowest BCUT2D eigenvalue weighted by Gasteiger charge is -2.37. The van der Waals surface area contributed by atoms with Crippen LogP contribution in [0, 0.1) is 5.92 Å². The minimum Gasteiger partial charge on any atom is -0.323 e. The standard InChI is InChI=1S/C19H24Cl2N4O3/c1-12(2)10-24-7-5-19(6-8-24)17(27)25(18(28)23-19)11-16(26)22-15-4-3-13(20)9-14(15)21/h3-4,9,12H,5-8,10-11H2,1-2H3,(H,22,26)(H,23,28). The first-order valence-corrected chi connectivity index (χ1v) is 10.1. The van der Waals surface area contributed by atoms with Gasteiger partial charge in [-0.1, -0.05) is 37.0 Å². The number of nitrogens with one attached hydrogen (secondary N) is 2. The van der Waals surface area contributed by atoms with E-state index >= 15 is 0 Å². The molecule has 2 aliphatic rings. The van der Waals surface area contributed by atoms with Gasteiger partial charge in [0.2, 0.25) is 5.91 Å². The predicted octanol–water partition coefficient (Wildman–Crippen LogP) is 2.97. The van der Waals surface area contributed by atoms with Gasteiger partial charge in [-0.2, -0.15) is 0 Å². The maximum Gasteiger partial charge on any atom is 0.325 e. The van der Waals surface area contributed by atoms with Gasteiger partial charge in [-0.3, -0.25) is 14.5 Å². The van der Waals surface area contributed by atoms with E-state index in [1.54, 1.807) is 12.1 Å². The first kappa shape index (κ1) is 20.9. The van der Waals surface area contributed by atoms with E-state index in [-0.39, 0.29) is 17.5 Å². The SMILES string of the molecule is CC(C)CN1CCC2(CC1)NC(=O)N(CC(=O)Nc1ccc(Cl)cc1Cl)C2=O. The van der Waals surface area contributed by atoms with Gasteiger partial charge in [0.05, 0.1) is 10.7 Å². The van der Waals surface area contributed by atoms with Crippen LogP contribution < -0.4 is 10.6 Å². The third-order valence-electron chi connectivity index (χ3n) is 5.09. The number of likely N-dealkylation sites (tertiary alicyclic amines) is 1. The number of amides is 4. The number of carbonyl (C=O) groups is 3. The van der Waals surface area contributed by atoms with Crippen molar-refractivity contribution in [2.24, 2.45) is 5.92 Å². The number of hydrogen-bond acceptors (Lipinski definition) is 4. The van der Waals surface area contributed by atoms with E-state index < -0.39 is 17.5 Å². The average molecular weight is 427 g/mol. The number of piperidine rings is 1. The predicted molar refractivity (Wildman–Crippen MR) is 109 cm³/mol. The zero-order chi connectivity index (χ0) is 20.5. The van der Waals surface area contributed by atoms with Crippen molar-refractivity contribution < 1.29 is 14.4 Å². The number of nitrogens with zero attached hydrogens (tertiary/aromatic N) is 2. The second kappa shape index (κ2) is 8.27. The van der Waals surface area contributed by atoms with Crippen LogP contribution in [0.2, 0.25) is 10.0 Å². The summed E-state index contributed by atoms with van der Waals surface area (Å²) in [7, 11) is 0. The van der Waals surface area contributed by atoms with E-state index in [1.165, 1.54) is 6.07 Å². The van der Waals surface area contributed by atoms with Gasteiger partial charge in [-0.25, -0.2) is 4.79 Å². The molecule has 2 fully saturated rings. The molecule has 3 rings (SSSR count). The fourth-order valence-corrected chi connectivity index (χ4v) is 4.17. The van der Waals surface area contributed by atoms with Crippen LogP contribution in [0.15, 0.2) is 18.2 Å². The van der Waals surface area contributed by atoms with Crippen LogP contribution in [0.5, 0.6) is 0 Å². The van der Waals surface area contributed by atoms with Crippen LogP contribution >= 0.6 is 23.2 Å². The maximum absolute atomic E-state index is 12.9. The third kappa shape index (κ3) is 4.42. The molecule has 2 heterocycles. The number of rotatable bonds is 5. The molecular formula is C19H24Cl2N4O3. The number of hydrogen-bond donors (Lipinski definition) is 2. The molecule has 2 saturated heterocycles. The van der Waals surface area contributed by atoms with Crippen LogP contribution in [-0.2, 0) is 9.59 Å². The monoisotopic (exact) mass is 426 g/mol. The molecular weight excluding hydrogens is 403 g/mol. The Morgan fingerprint density at radius 1 is 1.25 bits per heavy atom. The summed E-state index contributed by atoms with van der Waals surface area (Å²) in [6.07, 6.45) is 1.09. The Hall–Kier alpha value is -1.83. The summed E-state index contributed by atoms with van der Waals surface area (Å²) < 4.78 is 0. The lowest BCUT2D eigenvalue weighted by molar-refractivity contribution is -0.135. The van der Waals surface area contributed by atoms with Crippen LogP contribution in [0.1, 0.15) is 26.7 Å². The summed E-state index contributed by atoms with van der Waals surface area (Å²) >= 11 is 11.9. The van der Waals surface area contributed by atoms with Crippen molar-refractivity contribution in [1.82, 2.24) is 15.1 Å². The molecule has 0 bridgehead atoms. The quantitative estimate of drug-likeness (QED) is 0.708. The fraction of sp³-hybridized carbons (Fsp3) is 0.526. The highest BCUT2D eigenvalue weighted by Gasteiger charge is 2.52. The second-order valence-electron chi connectivity index (χ2n) is 7.77. The summed E-state index contributed by atoms with van der Waals surface area (Å²) in [5.74, 6) is -0.288. The lowest BCUT2D eigenvalue weighted by Crippen LogP contribution is -2.55. The highest BCUT2D eigenvalue weighted by atomic mass is 35.5. The van der Waals surface area contributed by atoms with Crippen molar-refractivity contribution in [1.29, 1.82) is 0 Å². The molecule has 4 amide bonds. The number of imide groups is 1. The number of urea groups is 1. The molecule has 9 heteroatoms. The Morgan fingerprint density at radius 3 is 2.54 bits per heavy atom. The third-order valence-corrected chi connectivity index (χ3v) is 5.63. The zero-order valence-electron chi connectivity index (χ0n) is 15.9. The van der Waals surface area contributed by atoms with Crippen LogP contribution in [-0.4, -0.2) is 59.4 Å². The first-order valence-electron chi connectivity index (χ1n) is 9.31. The van der Waals surface area contributed by atoms with Crippen molar-refractivity contribution in [3.63, 3.8) is 0 Å². The number of carbonyl (C=O) groups excluding carboxylic acids is 3. The summed E-state index contributed by atoms with van der Waals surface area (Å²) in [5.41, 5.74) is -0.525. The van der Waals surface area contributed by atoms with Gasteiger partial charge in [0.1, 0.15) is 12.1 Å². The average Bonchev–Trinajstić information content (AvgIpc) is 2.83. The second-order valence-corrected chi connectivity index (χ2v) is 8.61. The molecule has 0 aliphatic carbocycles. The molecule has 0 radical (unpaired) electrons. The summed E-state index contributed by atoms with van der Waals surface area (Å²) in [6, 6.07) is 4.14. The minimum absolute atomic E-state index is 0.284. The van der Waals surface area contributed by atoms with Crippen molar-refractivity contribution in [2.45, 2.75) is 32.2 Å². The van der Waals surface area contributed by atoms with Crippen molar-refractivity contribution in [3.8, 4) is 0 Å². The van der Waals surface area contributed by atoms with Crippen LogP contribution in [0.4, 0.5) is 10.5 Å². The Bertz CT molecular complexity index is 791. The van der Waals surface area contributed by atoms with Crippen molar-refractivity contribution in [3.05, 3.63) is 28.2 Å². The Balaban J connectivity index is 1.62. The molecule has 2 N–H and O–H groups in total. The van der Waals surface area contributed by atoms with Gasteiger partial charge in [-0.15, -0.1) is 0 Å². The smallest absolute Gasteiger partial charge is 0.323 e. The van der Waals surface area contributed by atoms with E-state index in [1.807, 2.05) is 0 Å². The molecule has 28 heavy (non-hydrogen) atoms. The molecule has 1 aromatic rings. The molecule has 7 nitrogen and oxygen atoms in total. The molecule has 0 atom stereocenters. The van der Waals surface area contributed by atoms with E-state index in [2.05, 4.69) is 29.4 Å². The maximum atomic E-state index is 12.9. The van der Waals surface area contributed by atoms with E-state index in [0.29, 0.717) is 29.5 Å². The highest BCUT2D eigenvalue weighted by Crippen LogP contribution is 2.30. The number of halogens is 2. The summed E-state index contributed by atoms with van der Waals surface area (Å²) in [5, 5.41) is 6.16. The molecule has 2 aliphatic heterocycles. The van der Waals surface area contributed by atoms with Gasteiger partial charge in [0.25, 0.3) is 5.91 Å². The zero-order valence-corrected chi connectivity index (χ0v) is 17.4. The molecule has 0 aromatic heterocycles. The van der Waals surface area contributed by atoms with E-state index in [4.69, 9.17) is 23.2 Å². The van der Waals surface area contributed by atoms with Crippen molar-refractivity contribution >= 4 is 46.7 Å². The first-order chi connectivity index (χ1) is 13.2. The van der Waals surface area contributed by atoms with Gasteiger partial charge in [0, 0.05) is 24.7 Å². The topological polar surface area (TPSA) is 81.8 Å². The molecule has 152 valence electrons. The van der Waals surface area contributed by atoms with Gasteiger partial charge in [-0.05, 0) is 37.0 Å². The Kier molecular flexibility index (Phi) is 6.17. The molecule has 1 spiro atoms. The van der Waals surface area contributed by atoms with Crippen LogP contribution in [0.3, 0.4) is 0 Å². The van der Waals surface area contributed by atoms with Gasteiger partial charge in [0.15, 0.2) is 0 Å². The molecule has 0 unspecified atom stereocenters. The Morgan fingerprint density at radius 2 is 1.93 bits per heavy atom. The fourth-order valence-electron chi connectivity index (χ4n) is 3.72. The van der Waals surface area contributed by atoms with Gasteiger partial charge < -0.3 is 15.5 Å². The van der Waals surface area contributed by atoms with Gasteiger partial charge >= 0.3 is 6.03 Å². The van der Waals surface area contributed by atoms with Crippen molar-refractivity contribution in [2.75, 3.05) is 31.5 Å².